The average Bonchev–Trinajstić information content (AvgIpc) is 2.66. The molecule has 7 nitrogen and oxygen atoms in total. The van der Waals surface area contributed by atoms with Gasteiger partial charge in [-0.1, -0.05) is 30.3 Å². The Bertz CT molecular complexity index is 937. The second-order valence-electron chi connectivity index (χ2n) is 7.57. The van der Waals surface area contributed by atoms with Gasteiger partial charge in [-0.25, -0.2) is 8.42 Å². The van der Waals surface area contributed by atoms with E-state index in [4.69, 9.17) is 9.47 Å². The number of rotatable bonds is 8. The van der Waals surface area contributed by atoms with Crippen LogP contribution in [0.4, 0.5) is 0 Å². The zero-order chi connectivity index (χ0) is 21.7. The van der Waals surface area contributed by atoms with Crippen molar-refractivity contribution in [3.05, 3.63) is 54.1 Å². The molecule has 1 amide bonds. The highest BCUT2D eigenvalue weighted by Crippen LogP contribution is 2.31. The molecule has 2 aromatic carbocycles. The van der Waals surface area contributed by atoms with E-state index < -0.39 is 15.6 Å². The molecular weight excluding hydrogens is 392 g/mol. The van der Waals surface area contributed by atoms with Crippen molar-refractivity contribution in [1.82, 2.24) is 9.62 Å². The summed E-state index contributed by atoms with van der Waals surface area (Å²) < 4.78 is 38.6. The molecule has 0 atom stereocenters. The Morgan fingerprint density at radius 1 is 1.03 bits per heavy atom. The van der Waals surface area contributed by atoms with Gasteiger partial charge in [0, 0.05) is 18.2 Å². The van der Waals surface area contributed by atoms with Gasteiger partial charge in [0.2, 0.25) is 15.9 Å². The van der Waals surface area contributed by atoms with Gasteiger partial charge in [-0.05, 0) is 38.5 Å². The maximum atomic E-state index is 13.5. The van der Waals surface area contributed by atoms with Crippen LogP contribution in [-0.2, 0) is 21.4 Å². The zero-order valence-electron chi connectivity index (χ0n) is 17.4. The quantitative estimate of drug-likeness (QED) is 0.710. The van der Waals surface area contributed by atoms with Gasteiger partial charge < -0.3 is 14.8 Å². The van der Waals surface area contributed by atoms with Crippen LogP contribution in [0.3, 0.4) is 0 Å². The summed E-state index contributed by atoms with van der Waals surface area (Å²) in [6, 6.07) is 13.7. The van der Waals surface area contributed by atoms with E-state index in [1.54, 1.807) is 6.07 Å². The highest BCUT2D eigenvalue weighted by molar-refractivity contribution is 7.89. The normalized spacial score (nSPS) is 11.9. The van der Waals surface area contributed by atoms with Gasteiger partial charge in [0.25, 0.3) is 0 Å². The third kappa shape index (κ3) is 6.20. The summed E-state index contributed by atoms with van der Waals surface area (Å²) in [4.78, 5) is 12.5. The molecule has 0 fully saturated rings. The highest BCUT2D eigenvalue weighted by Gasteiger charge is 2.31. The molecule has 0 heterocycles. The Morgan fingerprint density at radius 3 is 2.24 bits per heavy atom. The van der Waals surface area contributed by atoms with Crippen molar-refractivity contribution < 1.29 is 22.7 Å². The van der Waals surface area contributed by atoms with Gasteiger partial charge in [0.1, 0.15) is 16.4 Å². The first-order valence-electron chi connectivity index (χ1n) is 9.14. The molecule has 0 unspecified atom stereocenters. The van der Waals surface area contributed by atoms with E-state index in [0.717, 1.165) is 9.87 Å². The smallest absolute Gasteiger partial charge is 0.247 e. The maximum Gasteiger partial charge on any atom is 0.247 e. The number of methoxy groups -OCH3 is 2. The molecule has 158 valence electrons. The van der Waals surface area contributed by atoms with E-state index in [1.165, 1.54) is 26.4 Å². The molecule has 0 aromatic heterocycles. The van der Waals surface area contributed by atoms with Crippen LogP contribution >= 0.6 is 0 Å². The summed E-state index contributed by atoms with van der Waals surface area (Å²) in [5, 5.41) is 2.81. The second-order valence-corrected chi connectivity index (χ2v) is 9.48. The monoisotopic (exact) mass is 420 g/mol. The molecule has 2 rings (SSSR count). The Morgan fingerprint density at radius 2 is 1.69 bits per heavy atom. The van der Waals surface area contributed by atoms with Crippen LogP contribution in [0.15, 0.2) is 53.4 Å². The SMILES string of the molecule is COc1ccc(OC)c(S(=O)(=O)N(CC(=O)NC(C)(C)C)Cc2ccccc2)c1. The van der Waals surface area contributed by atoms with Gasteiger partial charge in [-0.2, -0.15) is 4.31 Å². The molecular formula is C21H28N2O5S. The lowest BCUT2D eigenvalue weighted by Crippen LogP contribution is -2.47. The molecule has 0 bridgehead atoms. The van der Waals surface area contributed by atoms with Crippen LogP contribution in [0.5, 0.6) is 11.5 Å². The predicted octanol–water partition coefficient (Wildman–Crippen LogP) is 2.81. The van der Waals surface area contributed by atoms with Crippen molar-refractivity contribution in [3.63, 3.8) is 0 Å². The highest BCUT2D eigenvalue weighted by atomic mass is 32.2. The molecule has 0 spiro atoms. The van der Waals surface area contributed by atoms with Crippen molar-refractivity contribution in [2.75, 3.05) is 20.8 Å². The van der Waals surface area contributed by atoms with E-state index in [-0.39, 0.29) is 29.6 Å². The van der Waals surface area contributed by atoms with Gasteiger partial charge in [-0.3, -0.25) is 4.79 Å². The first-order chi connectivity index (χ1) is 13.6. The minimum Gasteiger partial charge on any atom is -0.497 e. The summed E-state index contributed by atoms with van der Waals surface area (Å²) in [5.74, 6) is 0.169. The number of benzene rings is 2. The number of carbonyl (C=O) groups is 1. The first kappa shape index (κ1) is 22.7. The average molecular weight is 421 g/mol. The van der Waals surface area contributed by atoms with Crippen LogP contribution in [0.25, 0.3) is 0 Å². The van der Waals surface area contributed by atoms with Crippen LogP contribution in [-0.4, -0.2) is 44.9 Å². The Kier molecular flexibility index (Phi) is 7.26. The van der Waals surface area contributed by atoms with Crippen LogP contribution in [0.2, 0.25) is 0 Å². The van der Waals surface area contributed by atoms with Crippen molar-refractivity contribution >= 4 is 15.9 Å². The molecule has 8 heteroatoms. The number of amides is 1. The fourth-order valence-electron chi connectivity index (χ4n) is 2.76. The Balaban J connectivity index is 2.47. The maximum absolute atomic E-state index is 13.5. The third-order valence-electron chi connectivity index (χ3n) is 4.02. The zero-order valence-corrected chi connectivity index (χ0v) is 18.2. The van der Waals surface area contributed by atoms with Crippen molar-refractivity contribution in [3.8, 4) is 11.5 Å². The molecule has 2 aromatic rings. The standard InChI is InChI=1S/C21H28N2O5S/c1-21(2,3)22-20(24)15-23(14-16-9-7-6-8-10-16)29(25,26)19-13-17(27-4)11-12-18(19)28-5/h6-13H,14-15H2,1-5H3,(H,22,24). The first-order valence-corrected chi connectivity index (χ1v) is 10.6. The van der Waals surface area contributed by atoms with E-state index in [0.29, 0.717) is 5.75 Å². The van der Waals surface area contributed by atoms with Crippen LogP contribution in [0.1, 0.15) is 26.3 Å². The Labute approximate surface area is 172 Å². The number of nitrogens with zero attached hydrogens (tertiary/aromatic N) is 1. The summed E-state index contributed by atoms with van der Waals surface area (Å²) in [5.41, 5.74) is 0.286. The van der Waals surface area contributed by atoms with E-state index in [1.807, 2.05) is 51.1 Å². The predicted molar refractivity (Wildman–Crippen MR) is 111 cm³/mol. The summed E-state index contributed by atoms with van der Waals surface area (Å²) in [7, 11) is -1.21. The lowest BCUT2D eigenvalue weighted by molar-refractivity contribution is -0.122. The number of nitrogens with one attached hydrogen (secondary N) is 1. The number of ether oxygens (including phenoxy) is 2. The molecule has 0 radical (unpaired) electrons. The summed E-state index contributed by atoms with van der Waals surface area (Å²) in [6.45, 7) is 5.24. The fraction of sp³-hybridized carbons (Fsp3) is 0.381. The number of carbonyl (C=O) groups excluding carboxylic acids is 1. The lowest BCUT2D eigenvalue weighted by atomic mass is 10.1. The largest absolute Gasteiger partial charge is 0.497 e. The fourth-order valence-corrected chi connectivity index (χ4v) is 4.31. The third-order valence-corrected chi connectivity index (χ3v) is 5.84. The number of hydrogen-bond acceptors (Lipinski definition) is 5. The molecule has 0 aliphatic heterocycles. The van der Waals surface area contributed by atoms with E-state index >= 15 is 0 Å². The van der Waals surface area contributed by atoms with Crippen molar-refractivity contribution in [2.45, 2.75) is 37.8 Å². The molecule has 0 aliphatic rings. The van der Waals surface area contributed by atoms with E-state index in [9.17, 15) is 13.2 Å². The Hall–Kier alpha value is -2.58. The van der Waals surface area contributed by atoms with Crippen molar-refractivity contribution in [1.29, 1.82) is 0 Å². The topological polar surface area (TPSA) is 84.9 Å². The minimum absolute atomic E-state index is 0.0428. The minimum atomic E-state index is -4.06. The van der Waals surface area contributed by atoms with E-state index in [2.05, 4.69) is 5.32 Å². The summed E-state index contributed by atoms with van der Waals surface area (Å²) in [6.07, 6.45) is 0. The van der Waals surface area contributed by atoms with Gasteiger partial charge in [0.15, 0.2) is 0 Å². The molecule has 0 aliphatic carbocycles. The number of sulfonamides is 1. The van der Waals surface area contributed by atoms with Gasteiger partial charge in [0.05, 0.1) is 20.8 Å². The van der Waals surface area contributed by atoms with Crippen LogP contribution in [0, 0.1) is 0 Å². The second kappa shape index (κ2) is 9.28. The molecule has 0 saturated carbocycles. The van der Waals surface area contributed by atoms with Gasteiger partial charge >= 0.3 is 0 Å². The number of hydrogen-bond donors (Lipinski definition) is 1. The van der Waals surface area contributed by atoms with Gasteiger partial charge in [-0.15, -0.1) is 0 Å². The lowest BCUT2D eigenvalue weighted by Gasteiger charge is -2.26. The molecule has 1 N–H and O–H groups in total. The van der Waals surface area contributed by atoms with Crippen LogP contribution < -0.4 is 14.8 Å². The van der Waals surface area contributed by atoms with Crippen molar-refractivity contribution in [2.24, 2.45) is 0 Å². The summed E-state index contributed by atoms with van der Waals surface area (Å²) >= 11 is 0. The molecule has 0 saturated heterocycles. The molecule has 29 heavy (non-hydrogen) atoms.